The van der Waals surface area contributed by atoms with E-state index in [9.17, 15) is 24.8 Å². The van der Waals surface area contributed by atoms with E-state index in [-0.39, 0.29) is 36.3 Å². The Morgan fingerprint density at radius 2 is 2.12 bits per heavy atom. The van der Waals surface area contributed by atoms with Crippen molar-refractivity contribution < 1.29 is 33.8 Å². The molecule has 0 saturated carbocycles. The topological polar surface area (TPSA) is 128 Å². The Morgan fingerprint density at radius 3 is 2.68 bits per heavy atom. The van der Waals surface area contributed by atoms with Crippen LogP contribution in [0.25, 0.3) is 0 Å². The normalized spacial score (nSPS) is 19.5. The number of hydrogen-bond donors (Lipinski definition) is 1. The zero-order valence-electron chi connectivity index (χ0n) is 13.7. The average Bonchev–Trinajstić information content (AvgIpc) is 3.04. The lowest BCUT2D eigenvalue weighted by Gasteiger charge is -2.21. The average molecular weight is 354 g/mol. The molecule has 10 nitrogen and oxygen atoms in total. The van der Waals surface area contributed by atoms with Crippen LogP contribution in [-0.2, 0) is 14.3 Å². The maximum atomic E-state index is 12.3. The van der Waals surface area contributed by atoms with Crippen molar-refractivity contribution in [3.05, 3.63) is 28.3 Å². The summed E-state index contributed by atoms with van der Waals surface area (Å²) in [5.41, 5.74) is -0.227. The van der Waals surface area contributed by atoms with Gasteiger partial charge in [-0.1, -0.05) is 0 Å². The molecule has 136 valence electrons. The van der Waals surface area contributed by atoms with Gasteiger partial charge in [-0.05, 0) is 6.07 Å². The molecule has 2 unspecified atom stereocenters. The smallest absolute Gasteiger partial charge is 0.326 e. The molecule has 0 aliphatic carbocycles. The maximum absolute atomic E-state index is 12.3. The SMILES string of the molecule is COc1cc(OCC(=O)N2CC(OC)CC2C(=O)O)ccc1[N+](=O)[O-]. The first-order valence-electron chi connectivity index (χ1n) is 7.37. The van der Waals surface area contributed by atoms with Crippen LogP contribution >= 0.6 is 0 Å². The molecule has 1 saturated heterocycles. The van der Waals surface area contributed by atoms with E-state index in [1.165, 1.54) is 37.3 Å². The number of aliphatic carboxylic acids is 1. The quantitative estimate of drug-likeness (QED) is 0.559. The Morgan fingerprint density at radius 1 is 1.40 bits per heavy atom. The summed E-state index contributed by atoms with van der Waals surface area (Å²) < 4.78 is 15.4. The van der Waals surface area contributed by atoms with Crippen LogP contribution in [0, 0.1) is 10.1 Å². The number of carbonyl (C=O) groups excluding carboxylic acids is 1. The molecule has 0 bridgehead atoms. The molecule has 1 heterocycles. The molecule has 1 aromatic rings. The molecule has 10 heteroatoms. The van der Waals surface area contributed by atoms with Crippen molar-refractivity contribution in [3.63, 3.8) is 0 Å². The predicted molar refractivity (Wildman–Crippen MR) is 83.7 cm³/mol. The van der Waals surface area contributed by atoms with Gasteiger partial charge in [-0.3, -0.25) is 14.9 Å². The Balaban J connectivity index is 2.04. The molecule has 0 spiro atoms. The van der Waals surface area contributed by atoms with Crippen molar-refractivity contribution in [2.45, 2.75) is 18.6 Å². The Bertz CT molecular complexity index is 677. The van der Waals surface area contributed by atoms with Crippen LogP contribution in [0.5, 0.6) is 11.5 Å². The molecule has 1 aliphatic rings. The number of carboxylic acids is 1. The molecule has 1 aromatic carbocycles. The van der Waals surface area contributed by atoms with Gasteiger partial charge < -0.3 is 24.2 Å². The number of hydrogen-bond acceptors (Lipinski definition) is 7. The highest BCUT2D eigenvalue weighted by Crippen LogP contribution is 2.31. The second-order valence-electron chi connectivity index (χ2n) is 5.37. The first kappa shape index (κ1) is 18.5. The fourth-order valence-electron chi connectivity index (χ4n) is 2.60. The summed E-state index contributed by atoms with van der Waals surface area (Å²) in [6.45, 7) is -0.236. The second kappa shape index (κ2) is 7.79. The van der Waals surface area contributed by atoms with Crippen molar-refractivity contribution >= 4 is 17.6 Å². The lowest BCUT2D eigenvalue weighted by Crippen LogP contribution is -2.43. The minimum absolute atomic E-state index is 0.000944. The summed E-state index contributed by atoms with van der Waals surface area (Å²) in [5.74, 6) is -1.42. The largest absolute Gasteiger partial charge is 0.490 e. The number of amides is 1. The summed E-state index contributed by atoms with van der Waals surface area (Å²) in [5, 5.41) is 20.1. The van der Waals surface area contributed by atoms with E-state index in [0.29, 0.717) is 0 Å². The Labute approximate surface area is 143 Å². The van der Waals surface area contributed by atoms with E-state index >= 15 is 0 Å². The van der Waals surface area contributed by atoms with Crippen LogP contribution in [-0.4, -0.2) is 66.3 Å². The third kappa shape index (κ3) is 4.15. The predicted octanol–water partition coefficient (Wildman–Crippen LogP) is 0.683. The molecule has 0 radical (unpaired) electrons. The van der Waals surface area contributed by atoms with Gasteiger partial charge in [0.15, 0.2) is 6.61 Å². The Hall–Kier alpha value is -2.88. The molecule has 2 atom stereocenters. The van der Waals surface area contributed by atoms with E-state index in [2.05, 4.69) is 0 Å². The zero-order chi connectivity index (χ0) is 18.6. The van der Waals surface area contributed by atoms with Gasteiger partial charge in [0.1, 0.15) is 11.8 Å². The molecule has 0 aromatic heterocycles. The van der Waals surface area contributed by atoms with Crippen LogP contribution in [0.2, 0.25) is 0 Å². The van der Waals surface area contributed by atoms with E-state index < -0.39 is 29.4 Å². The Kier molecular flexibility index (Phi) is 5.75. The third-order valence-electron chi connectivity index (χ3n) is 3.91. The highest BCUT2D eigenvalue weighted by molar-refractivity contribution is 5.85. The number of nitrogens with zero attached hydrogens (tertiary/aromatic N) is 2. The lowest BCUT2D eigenvalue weighted by atomic mass is 10.2. The first-order chi connectivity index (χ1) is 11.9. The minimum atomic E-state index is -1.11. The maximum Gasteiger partial charge on any atom is 0.326 e. The van der Waals surface area contributed by atoms with E-state index in [4.69, 9.17) is 14.2 Å². The fraction of sp³-hybridized carbons (Fsp3) is 0.467. The van der Waals surface area contributed by atoms with Gasteiger partial charge in [0.2, 0.25) is 5.75 Å². The summed E-state index contributed by atoms with van der Waals surface area (Å²) in [7, 11) is 2.74. The standard InChI is InChI=1S/C15H18N2O8/c1-23-10-5-12(15(19)20)16(7-10)14(18)8-25-9-3-4-11(17(21)22)13(6-9)24-2/h3-4,6,10,12H,5,7-8H2,1-2H3,(H,19,20). The molecule has 1 amide bonds. The number of ether oxygens (including phenoxy) is 3. The highest BCUT2D eigenvalue weighted by atomic mass is 16.6. The molecule has 1 N–H and O–H groups in total. The molecule has 1 aliphatic heterocycles. The van der Waals surface area contributed by atoms with Crippen molar-refractivity contribution in [2.24, 2.45) is 0 Å². The monoisotopic (exact) mass is 354 g/mol. The van der Waals surface area contributed by atoms with Crippen molar-refractivity contribution in [1.82, 2.24) is 4.90 Å². The zero-order valence-corrected chi connectivity index (χ0v) is 13.7. The number of benzene rings is 1. The number of rotatable bonds is 7. The van der Waals surface area contributed by atoms with Gasteiger partial charge in [-0.15, -0.1) is 0 Å². The molecule has 2 rings (SSSR count). The van der Waals surface area contributed by atoms with Gasteiger partial charge in [0.25, 0.3) is 5.91 Å². The van der Waals surface area contributed by atoms with Crippen molar-refractivity contribution in [1.29, 1.82) is 0 Å². The molecular weight excluding hydrogens is 336 g/mol. The van der Waals surface area contributed by atoms with E-state index in [1.54, 1.807) is 0 Å². The highest BCUT2D eigenvalue weighted by Gasteiger charge is 2.39. The minimum Gasteiger partial charge on any atom is -0.490 e. The summed E-state index contributed by atoms with van der Waals surface area (Å²) in [4.78, 5) is 35.0. The summed E-state index contributed by atoms with van der Waals surface area (Å²) >= 11 is 0. The number of methoxy groups -OCH3 is 2. The molecular formula is C15H18N2O8. The first-order valence-corrected chi connectivity index (χ1v) is 7.37. The van der Waals surface area contributed by atoms with Crippen LogP contribution in [0.15, 0.2) is 18.2 Å². The van der Waals surface area contributed by atoms with Gasteiger partial charge in [0.05, 0.1) is 18.1 Å². The summed E-state index contributed by atoms with van der Waals surface area (Å²) in [6, 6.07) is 2.87. The molecule has 1 fully saturated rings. The van der Waals surface area contributed by atoms with Gasteiger partial charge in [0, 0.05) is 32.2 Å². The van der Waals surface area contributed by atoms with Crippen LogP contribution < -0.4 is 9.47 Å². The van der Waals surface area contributed by atoms with Gasteiger partial charge >= 0.3 is 11.7 Å². The van der Waals surface area contributed by atoms with Crippen LogP contribution in [0.4, 0.5) is 5.69 Å². The summed E-state index contributed by atoms with van der Waals surface area (Å²) in [6.07, 6.45) is -0.132. The van der Waals surface area contributed by atoms with Gasteiger partial charge in [-0.25, -0.2) is 4.79 Å². The van der Waals surface area contributed by atoms with E-state index in [0.717, 1.165) is 0 Å². The lowest BCUT2D eigenvalue weighted by molar-refractivity contribution is -0.385. The number of nitro benzene ring substituents is 1. The van der Waals surface area contributed by atoms with Crippen molar-refractivity contribution in [2.75, 3.05) is 27.4 Å². The third-order valence-corrected chi connectivity index (χ3v) is 3.91. The second-order valence-corrected chi connectivity index (χ2v) is 5.37. The van der Waals surface area contributed by atoms with Gasteiger partial charge in [-0.2, -0.15) is 0 Å². The van der Waals surface area contributed by atoms with Crippen LogP contribution in [0.3, 0.4) is 0 Å². The number of carboxylic acid groups (broad SMARTS) is 1. The fourth-order valence-corrected chi connectivity index (χ4v) is 2.60. The number of nitro groups is 1. The van der Waals surface area contributed by atoms with E-state index in [1.807, 2.05) is 0 Å². The molecule has 25 heavy (non-hydrogen) atoms. The van der Waals surface area contributed by atoms with Crippen molar-refractivity contribution in [3.8, 4) is 11.5 Å². The number of carbonyl (C=O) groups is 2. The van der Waals surface area contributed by atoms with Crippen LogP contribution in [0.1, 0.15) is 6.42 Å². The number of likely N-dealkylation sites (tertiary alicyclic amines) is 1.